The lowest BCUT2D eigenvalue weighted by Gasteiger charge is -2.15. The molecule has 0 spiro atoms. The number of fused-ring (bicyclic) bond motifs is 1. The Bertz CT molecular complexity index is 1170. The predicted octanol–water partition coefficient (Wildman–Crippen LogP) is 3.24. The highest BCUT2D eigenvalue weighted by atomic mass is 19.1. The van der Waals surface area contributed by atoms with Gasteiger partial charge in [-0.2, -0.15) is 0 Å². The molecule has 6 nitrogen and oxygen atoms in total. The lowest BCUT2D eigenvalue weighted by atomic mass is 10.0. The van der Waals surface area contributed by atoms with Gasteiger partial charge in [0.25, 0.3) is 5.56 Å². The van der Waals surface area contributed by atoms with E-state index >= 15 is 0 Å². The van der Waals surface area contributed by atoms with Crippen molar-refractivity contribution >= 4 is 16.8 Å². The number of halogens is 1. The summed E-state index contributed by atoms with van der Waals surface area (Å²) in [5.41, 5.74) is 1.70. The third kappa shape index (κ3) is 3.40. The number of pyridine rings is 2. The van der Waals surface area contributed by atoms with Crippen molar-refractivity contribution in [1.29, 1.82) is 0 Å². The third-order valence-electron chi connectivity index (χ3n) is 5.31. The summed E-state index contributed by atoms with van der Waals surface area (Å²) < 4.78 is 19.6. The van der Waals surface area contributed by atoms with E-state index in [4.69, 9.17) is 4.74 Å². The Kier molecular flexibility index (Phi) is 4.88. The first-order valence-electron chi connectivity index (χ1n) is 9.29. The van der Waals surface area contributed by atoms with Crippen LogP contribution < -0.4 is 10.3 Å². The number of nitrogens with zero attached hydrogens (tertiary/aromatic N) is 2. The van der Waals surface area contributed by atoms with Crippen LogP contribution in [0.25, 0.3) is 22.0 Å². The summed E-state index contributed by atoms with van der Waals surface area (Å²) in [7, 11) is 1.47. The molecule has 0 radical (unpaired) electrons. The average Bonchev–Trinajstić information content (AvgIpc) is 3.23. The van der Waals surface area contributed by atoms with Crippen LogP contribution in [0.5, 0.6) is 5.75 Å². The number of hydrogen-bond donors (Lipinski definition) is 1. The van der Waals surface area contributed by atoms with Gasteiger partial charge in [0, 0.05) is 36.5 Å². The van der Waals surface area contributed by atoms with Gasteiger partial charge in [-0.05, 0) is 36.8 Å². The molecule has 29 heavy (non-hydrogen) atoms. The van der Waals surface area contributed by atoms with E-state index < -0.39 is 5.82 Å². The lowest BCUT2D eigenvalue weighted by Crippen LogP contribution is -2.26. The first-order chi connectivity index (χ1) is 14.0. The highest BCUT2D eigenvalue weighted by molar-refractivity contribution is 5.87. The minimum absolute atomic E-state index is 0.0316. The molecule has 1 fully saturated rings. The van der Waals surface area contributed by atoms with E-state index in [1.165, 1.54) is 25.4 Å². The molecule has 7 heteroatoms. The fraction of sp³-hybridized carbons (Fsp3) is 0.227. The van der Waals surface area contributed by atoms with Gasteiger partial charge in [0.05, 0.1) is 23.6 Å². The minimum Gasteiger partial charge on any atom is -0.496 e. The van der Waals surface area contributed by atoms with E-state index in [0.29, 0.717) is 35.3 Å². The van der Waals surface area contributed by atoms with E-state index in [1.807, 2.05) is 6.07 Å². The topological polar surface area (TPSA) is 75.3 Å². The minimum atomic E-state index is -0.448. The van der Waals surface area contributed by atoms with Crippen LogP contribution >= 0.6 is 0 Å². The van der Waals surface area contributed by atoms with E-state index in [0.717, 1.165) is 12.1 Å². The molecule has 2 aromatic heterocycles. The van der Waals surface area contributed by atoms with Crippen molar-refractivity contribution in [3.05, 3.63) is 71.0 Å². The molecule has 3 aromatic rings. The molecule has 1 amide bonds. The fourth-order valence-electron chi connectivity index (χ4n) is 3.81. The summed E-state index contributed by atoms with van der Waals surface area (Å²) >= 11 is 0. The maximum atomic E-state index is 14.4. The summed E-state index contributed by atoms with van der Waals surface area (Å²) in [6.07, 6.45) is 3.59. The number of benzene rings is 1. The van der Waals surface area contributed by atoms with Gasteiger partial charge in [0.15, 0.2) is 0 Å². The Morgan fingerprint density at radius 3 is 3.00 bits per heavy atom. The number of aromatic amines is 1. The largest absolute Gasteiger partial charge is 0.496 e. The van der Waals surface area contributed by atoms with E-state index in [1.54, 1.807) is 23.1 Å². The van der Waals surface area contributed by atoms with Crippen LogP contribution in [0.1, 0.15) is 18.0 Å². The number of hydrogen-bond acceptors (Lipinski definition) is 4. The predicted molar refractivity (Wildman–Crippen MR) is 108 cm³/mol. The number of H-pyrrole nitrogens is 1. The summed E-state index contributed by atoms with van der Waals surface area (Å²) in [5.74, 6) is -0.157. The van der Waals surface area contributed by atoms with Crippen LogP contribution in [-0.2, 0) is 4.79 Å². The fourth-order valence-corrected chi connectivity index (χ4v) is 3.81. The Balaban J connectivity index is 1.73. The second kappa shape index (κ2) is 7.50. The van der Waals surface area contributed by atoms with Gasteiger partial charge in [-0.15, -0.1) is 0 Å². The summed E-state index contributed by atoms with van der Waals surface area (Å²) in [6, 6.07) is 8.00. The number of amides is 1. The summed E-state index contributed by atoms with van der Waals surface area (Å²) in [5, 5.41) is 0.369. The van der Waals surface area contributed by atoms with E-state index in [-0.39, 0.29) is 22.9 Å². The summed E-state index contributed by atoms with van der Waals surface area (Å²) in [6.45, 7) is 4.66. The van der Waals surface area contributed by atoms with Crippen molar-refractivity contribution in [2.45, 2.75) is 12.3 Å². The zero-order valence-electron chi connectivity index (χ0n) is 15.9. The van der Waals surface area contributed by atoms with Crippen LogP contribution in [-0.4, -0.2) is 41.0 Å². The quantitative estimate of drug-likeness (QED) is 0.691. The number of ether oxygens (including phenoxy) is 1. The number of carbonyl (C=O) groups excluding carboxylic acids is 1. The van der Waals surface area contributed by atoms with Crippen molar-refractivity contribution in [2.24, 2.45) is 0 Å². The zero-order chi connectivity index (χ0) is 20.5. The Morgan fingerprint density at radius 2 is 2.24 bits per heavy atom. The maximum Gasteiger partial charge on any atom is 0.257 e. The van der Waals surface area contributed by atoms with Crippen LogP contribution in [0.3, 0.4) is 0 Å². The number of carbonyl (C=O) groups is 1. The molecule has 1 aliphatic heterocycles. The van der Waals surface area contributed by atoms with Crippen LogP contribution in [0.2, 0.25) is 0 Å². The van der Waals surface area contributed by atoms with Crippen LogP contribution in [0.15, 0.2) is 54.0 Å². The molecule has 3 heterocycles. The lowest BCUT2D eigenvalue weighted by molar-refractivity contribution is -0.125. The SMILES string of the molecule is C=CC(=O)N1CCC(c2cc3ncc(-c4c(F)cccc4OC)cc3c(=O)[nH]2)C1. The van der Waals surface area contributed by atoms with E-state index in [9.17, 15) is 14.0 Å². The van der Waals surface area contributed by atoms with Crippen molar-refractivity contribution < 1.29 is 13.9 Å². The molecular formula is C22H20FN3O3. The molecule has 1 N–H and O–H groups in total. The van der Waals surface area contributed by atoms with Gasteiger partial charge in [-0.1, -0.05) is 12.6 Å². The molecule has 1 aliphatic rings. The first kappa shape index (κ1) is 18.9. The average molecular weight is 393 g/mol. The first-order valence-corrected chi connectivity index (χ1v) is 9.29. The standard InChI is InChI=1S/C22H20FN3O3/c1-3-20(27)26-8-7-13(12-26)17-10-18-15(22(28)25-17)9-14(11-24-18)21-16(23)5-4-6-19(21)29-2/h3-6,9-11,13H,1,7-8,12H2,2H3,(H,25,28). The number of aromatic nitrogens is 2. The molecule has 1 unspecified atom stereocenters. The van der Waals surface area contributed by atoms with Crippen molar-refractivity contribution in [1.82, 2.24) is 14.9 Å². The molecular weight excluding hydrogens is 373 g/mol. The Morgan fingerprint density at radius 1 is 1.41 bits per heavy atom. The molecule has 0 bridgehead atoms. The van der Waals surface area contributed by atoms with Gasteiger partial charge < -0.3 is 14.6 Å². The Labute approximate surface area is 166 Å². The van der Waals surface area contributed by atoms with Gasteiger partial charge in [-0.3, -0.25) is 14.6 Å². The van der Waals surface area contributed by atoms with Gasteiger partial charge in [0.1, 0.15) is 11.6 Å². The van der Waals surface area contributed by atoms with Crippen molar-refractivity contribution in [2.75, 3.05) is 20.2 Å². The van der Waals surface area contributed by atoms with Gasteiger partial charge in [0.2, 0.25) is 5.91 Å². The smallest absolute Gasteiger partial charge is 0.257 e. The Hall–Kier alpha value is -3.48. The number of rotatable bonds is 4. The zero-order valence-corrected chi connectivity index (χ0v) is 15.9. The van der Waals surface area contributed by atoms with Crippen molar-refractivity contribution in [3.8, 4) is 16.9 Å². The molecule has 1 aromatic carbocycles. The molecule has 0 aliphatic carbocycles. The van der Waals surface area contributed by atoms with E-state index in [2.05, 4.69) is 16.5 Å². The number of methoxy groups -OCH3 is 1. The molecule has 148 valence electrons. The highest BCUT2D eigenvalue weighted by Gasteiger charge is 2.27. The van der Waals surface area contributed by atoms with Crippen LogP contribution in [0.4, 0.5) is 4.39 Å². The highest BCUT2D eigenvalue weighted by Crippen LogP contribution is 2.33. The number of likely N-dealkylation sites (tertiary alicyclic amines) is 1. The molecule has 4 rings (SSSR count). The second-order valence-corrected chi connectivity index (χ2v) is 7.00. The number of nitrogens with one attached hydrogen (secondary N) is 1. The maximum absolute atomic E-state index is 14.4. The van der Waals surface area contributed by atoms with Crippen LogP contribution in [0, 0.1) is 5.82 Å². The van der Waals surface area contributed by atoms with Gasteiger partial charge in [-0.25, -0.2) is 4.39 Å². The molecule has 0 saturated carbocycles. The molecule has 1 saturated heterocycles. The van der Waals surface area contributed by atoms with Crippen molar-refractivity contribution in [3.63, 3.8) is 0 Å². The third-order valence-corrected chi connectivity index (χ3v) is 5.31. The normalized spacial score (nSPS) is 16.2. The van der Waals surface area contributed by atoms with Gasteiger partial charge >= 0.3 is 0 Å². The second-order valence-electron chi connectivity index (χ2n) is 7.00. The summed E-state index contributed by atoms with van der Waals surface area (Å²) in [4.78, 5) is 33.6. The monoisotopic (exact) mass is 393 g/mol. The molecule has 1 atom stereocenters.